The van der Waals surface area contributed by atoms with Gasteiger partial charge in [0, 0.05) is 12.5 Å². The number of hydrogen-bond acceptors (Lipinski definition) is 2. The lowest BCUT2D eigenvalue weighted by Gasteiger charge is -2.62. The van der Waals surface area contributed by atoms with E-state index in [1.807, 2.05) is 6.08 Å². The van der Waals surface area contributed by atoms with Gasteiger partial charge in [-0.15, -0.1) is 0 Å². The van der Waals surface area contributed by atoms with Crippen LogP contribution in [0.1, 0.15) is 19.8 Å². The molecule has 2 saturated carbocycles. The molecule has 5 unspecified atom stereocenters. The largest absolute Gasteiger partial charge is 0.427 e. The summed E-state index contributed by atoms with van der Waals surface area (Å²) in [6.45, 7) is 0.00920. The van der Waals surface area contributed by atoms with Gasteiger partial charge in [-0.25, -0.2) is 0 Å². The summed E-state index contributed by atoms with van der Waals surface area (Å²) in [5.41, 5.74) is -6.25. The molecular weight excluding hydrogens is 326 g/mol. The quantitative estimate of drug-likeness (QED) is 0.430. The normalized spacial score (nSPS) is 39.5. The highest BCUT2D eigenvalue weighted by Crippen LogP contribution is 2.74. The van der Waals surface area contributed by atoms with Crippen molar-refractivity contribution in [1.82, 2.24) is 0 Å². The standard InChI is InChI=1S/C15H18F6O2/c1-12(6-10-8-3-4-9(5-8)11(10)12)13(14(16,17)18,15(19,20)21)23-7-22-2/h3-4,8-11H,5-7H2,1-2H3. The Balaban J connectivity index is 2.07. The Morgan fingerprint density at radius 2 is 1.61 bits per heavy atom. The number of alkyl halides is 6. The first-order valence-corrected chi connectivity index (χ1v) is 7.44. The number of ether oxygens (including phenoxy) is 2. The number of rotatable bonds is 4. The van der Waals surface area contributed by atoms with Crippen molar-refractivity contribution in [2.45, 2.75) is 37.7 Å². The van der Waals surface area contributed by atoms with Crippen LogP contribution < -0.4 is 0 Å². The predicted octanol–water partition coefficient (Wildman–Crippen LogP) is 4.32. The van der Waals surface area contributed by atoms with E-state index in [9.17, 15) is 26.3 Å². The fourth-order valence-corrected chi connectivity index (χ4v) is 5.28. The topological polar surface area (TPSA) is 18.5 Å². The van der Waals surface area contributed by atoms with E-state index >= 15 is 0 Å². The second kappa shape index (κ2) is 4.88. The summed E-state index contributed by atoms with van der Waals surface area (Å²) in [6, 6.07) is 0. The summed E-state index contributed by atoms with van der Waals surface area (Å²) < 4.78 is 91.0. The number of allylic oxidation sites excluding steroid dienone is 2. The average Bonchev–Trinajstić information content (AvgIpc) is 2.92. The third kappa shape index (κ3) is 1.97. The third-order valence-electron chi connectivity index (χ3n) is 6.01. The molecule has 0 heterocycles. The van der Waals surface area contributed by atoms with Crippen LogP contribution in [0.15, 0.2) is 12.2 Å². The Morgan fingerprint density at radius 3 is 2.09 bits per heavy atom. The summed E-state index contributed by atoms with van der Waals surface area (Å²) in [7, 11) is 1.00. The van der Waals surface area contributed by atoms with Crippen LogP contribution >= 0.6 is 0 Å². The molecule has 3 aliphatic rings. The monoisotopic (exact) mass is 344 g/mol. The smallest absolute Gasteiger partial charge is 0.359 e. The van der Waals surface area contributed by atoms with E-state index in [4.69, 9.17) is 0 Å². The van der Waals surface area contributed by atoms with Gasteiger partial charge in [0.15, 0.2) is 0 Å². The van der Waals surface area contributed by atoms with Crippen LogP contribution in [-0.2, 0) is 9.47 Å². The number of hydrogen-bond donors (Lipinski definition) is 0. The molecule has 0 amide bonds. The maximum absolute atomic E-state index is 13.7. The minimum absolute atomic E-state index is 0.0969. The fourth-order valence-electron chi connectivity index (χ4n) is 5.28. The van der Waals surface area contributed by atoms with Crippen molar-refractivity contribution in [3.63, 3.8) is 0 Å². The van der Waals surface area contributed by atoms with Gasteiger partial charge in [-0.1, -0.05) is 19.1 Å². The predicted molar refractivity (Wildman–Crippen MR) is 68.2 cm³/mol. The van der Waals surface area contributed by atoms with E-state index in [1.165, 1.54) is 0 Å². The van der Waals surface area contributed by atoms with Crippen LogP contribution in [0.5, 0.6) is 0 Å². The van der Waals surface area contributed by atoms with Gasteiger partial charge in [-0.2, -0.15) is 26.3 Å². The molecule has 132 valence electrons. The highest BCUT2D eigenvalue weighted by molar-refractivity contribution is 5.27. The Bertz CT molecular complexity index is 497. The molecule has 8 heteroatoms. The second-order valence-electron chi connectivity index (χ2n) is 6.99. The summed E-state index contributed by atoms with van der Waals surface area (Å²) >= 11 is 0. The minimum atomic E-state index is -5.57. The lowest BCUT2D eigenvalue weighted by molar-refractivity contribution is -0.444. The Hall–Kier alpha value is -0.760. The molecule has 0 N–H and O–H groups in total. The van der Waals surface area contributed by atoms with Crippen molar-refractivity contribution in [1.29, 1.82) is 0 Å². The summed E-state index contributed by atoms with van der Waals surface area (Å²) in [5.74, 6) is -0.929. The first-order valence-electron chi connectivity index (χ1n) is 7.44. The van der Waals surface area contributed by atoms with Crippen molar-refractivity contribution in [2.24, 2.45) is 29.1 Å². The molecular formula is C15H18F6O2. The molecule has 3 aliphatic carbocycles. The molecule has 0 aromatic heterocycles. The molecule has 0 aromatic rings. The molecule has 23 heavy (non-hydrogen) atoms. The zero-order chi connectivity index (χ0) is 17.3. The maximum atomic E-state index is 13.7. The molecule has 0 aliphatic heterocycles. The molecule has 5 atom stereocenters. The number of fused-ring (bicyclic) bond motifs is 5. The van der Waals surface area contributed by atoms with E-state index in [0.717, 1.165) is 14.0 Å². The zero-order valence-corrected chi connectivity index (χ0v) is 12.7. The molecule has 0 aromatic carbocycles. The molecule has 2 nitrogen and oxygen atoms in total. The van der Waals surface area contributed by atoms with Crippen LogP contribution in [0.3, 0.4) is 0 Å². The van der Waals surface area contributed by atoms with E-state index in [-0.39, 0.29) is 24.2 Å². The van der Waals surface area contributed by atoms with Crippen molar-refractivity contribution >= 4 is 0 Å². The van der Waals surface area contributed by atoms with Gasteiger partial charge >= 0.3 is 12.4 Å². The van der Waals surface area contributed by atoms with Crippen LogP contribution in [-0.4, -0.2) is 31.9 Å². The Kier molecular flexibility index (Phi) is 3.62. The average molecular weight is 344 g/mol. The SMILES string of the molecule is COCOC(C(F)(F)F)(C(F)(F)F)C1(C)CC2C3C=CC(C3)C21. The van der Waals surface area contributed by atoms with E-state index < -0.39 is 36.1 Å². The number of halogens is 6. The Morgan fingerprint density at radius 1 is 1.04 bits per heavy atom. The van der Waals surface area contributed by atoms with Crippen LogP contribution in [0.2, 0.25) is 0 Å². The van der Waals surface area contributed by atoms with Crippen LogP contribution in [0, 0.1) is 29.1 Å². The zero-order valence-electron chi connectivity index (χ0n) is 12.7. The summed E-state index contributed by atoms with van der Waals surface area (Å²) in [6.07, 6.45) is -6.97. The van der Waals surface area contributed by atoms with Gasteiger partial charge in [0.1, 0.15) is 6.79 Å². The molecule has 0 spiro atoms. The summed E-state index contributed by atoms with van der Waals surface area (Å²) in [4.78, 5) is 0. The van der Waals surface area contributed by atoms with Gasteiger partial charge in [0.05, 0.1) is 0 Å². The Labute approximate surface area is 129 Å². The van der Waals surface area contributed by atoms with E-state index in [0.29, 0.717) is 6.42 Å². The first kappa shape index (κ1) is 17.1. The van der Waals surface area contributed by atoms with Crippen LogP contribution in [0.25, 0.3) is 0 Å². The molecule has 2 fully saturated rings. The van der Waals surface area contributed by atoms with Crippen LogP contribution in [0.4, 0.5) is 26.3 Å². The van der Waals surface area contributed by atoms with E-state index in [2.05, 4.69) is 9.47 Å². The van der Waals surface area contributed by atoms with Gasteiger partial charge in [0.2, 0.25) is 0 Å². The van der Waals surface area contributed by atoms with Gasteiger partial charge in [-0.3, -0.25) is 0 Å². The van der Waals surface area contributed by atoms with E-state index in [1.54, 1.807) is 6.08 Å². The highest BCUT2D eigenvalue weighted by atomic mass is 19.4. The number of methoxy groups -OCH3 is 1. The lowest BCUT2D eigenvalue weighted by atomic mass is 9.45. The summed E-state index contributed by atoms with van der Waals surface area (Å²) in [5, 5.41) is 0. The second-order valence-corrected chi connectivity index (χ2v) is 6.99. The molecule has 0 saturated heterocycles. The van der Waals surface area contributed by atoms with Crippen molar-refractivity contribution in [3.8, 4) is 0 Å². The third-order valence-corrected chi connectivity index (χ3v) is 6.01. The van der Waals surface area contributed by atoms with Crippen molar-refractivity contribution in [2.75, 3.05) is 13.9 Å². The highest BCUT2D eigenvalue weighted by Gasteiger charge is 2.85. The molecule has 2 bridgehead atoms. The molecule has 3 rings (SSSR count). The van der Waals surface area contributed by atoms with Crippen molar-refractivity contribution < 1.29 is 35.8 Å². The minimum Gasteiger partial charge on any atom is -0.359 e. The van der Waals surface area contributed by atoms with Gasteiger partial charge in [-0.05, 0) is 36.5 Å². The fraction of sp³-hybridized carbons (Fsp3) is 0.867. The van der Waals surface area contributed by atoms with Gasteiger partial charge in [0.25, 0.3) is 5.60 Å². The lowest BCUT2D eigenvalue weighted by Crippen LogP contribution is -2.74. The molecule has 0 radical (unpaired) electrons. The van der Waals surface area contributed by atoms with Gasteiger partial charge < -0.3 is 9.47 Å². The first-order chi connectivity index (χ1) is 10.5. The van der Waals surface area contributed by atoms with Crippen molar-refractivity contribution in [3.05, 3.63) is 12.2 Å². The maximum Gasteiger partial charge on any atom is 0.427 e.